The maximum Gasteiger partial charge on any atom is 0.279 e. The van der Waals surface area contributed by atoms with Crippen LogP contribution in [0, 0.1) is 0 Å². The fourth-order valence-corrected chi connectivity index (χ4v) is 2.92. The van der Waals surface area contributed by atoms with Crippen LogP contribution in [0.15, 0.2) is 0 Å². The molecule has 0 aliphatic carbocycles. The predicted octanol–water partition coefficient (Wildman–Crippen LogP) is -1.24. The lowest BCUT2D eigenvalue weighted by molar-refractivity contribution is 0.202. The Balaban J connectivity index is 2.51. The summed E-state index contributed by atoms with van der Waals surface area (Å²) in [4.78, 5) is 0. The van der Waals surface area contributed by atoms with E-state index in [1.165, 1.54) is 4.31 Å². The summed E-state index contributed by atoms with van der Waals surface area (Å²) in [6.07, 6.45) is 0. The normalized spacial score (nSPS) is 24.3. The molecule has 1 aliphatic heterocycles. The molecular formula is C8H19N3O3S. The lowest BCUT2D eigenvalue weighted by atomic mass is 10.3. The smallest absolute Gasteiger partial charge is 0.279 e. The Kier molecular flexibility index (Phi) is 4.94. The molecule has 1 atom stereocenters. The first-order chi connectivity index (χ1) is 7.08. The summed E-state index contributed by atoms with van der Waals surface area (Å²) in [5, 5.41) is 3.15. The van der Waals surface area contributed by atoms with E-state index in [2.05, 4.69) is 10.0 Å². The molecule has 6 nitrogen and oxygen atoms in total. The highest BCUT2D eigenvalue weighted by Gasteiger charge is 2.28. The van der Waals surface area contributed by atoms with E-state index in [-0.39, 0.29) is 6.04 Å². The third kappa shape index (κ3) is 3.69. The maximum absolute atomic E-state index is 11.8. The molecule has 1 fully saturated rings. The SMILES string of the molecule is COCCNS(=O)(=O)N1CCNCC1C. The number of nitrogens with zero attached hydrogens (tertiary/aromatic N) is 1. The van der Waals surface area contributed by atoms with E-state index in [0.29, 0.717) is 32.8 Å². The zero-order chi connectivity index (χ0) is 11.3. The summed E-state index contributed by atoms with van der Waals surface area (Å²) in [7, 11) is -1.80. The van der Waals surface area contributed by atoms with Gasteiger partial charge in [-0.25, -0.2) is 0 Å². The van der Waals surface area contributed by atoms with Crippen molar-refractivity contribution in [2.24, 2.45) is 0 Å². The van der Waals surface area contributed by atoms with Crippen molar-refractivity contribution < 1.29 is 13.2 Å². The van der Waals surface area contributed by atoms with Gasteiger partial charge in [0.05, 0.1) is 6.61 Å². The van der Waals surface area contributed by atoms with Crippen molar-refractivity contribution in [3.63, 3.8) is 0 Å². The van der Waals surface area contributed by atoms with Gasteiger partial charge in [0.25, 0.3) is 10.2 Å². The molecule has 0 aromatic heterocycles. The van der Waals surface area contributed by atoms with Gasteiger partial charge in [0, 0.05) is 39.3 Å². The molecule has 0 aromatic rings. The lowest BCUT2D eigenvalue weighted by Crippen LogP contribution is -2.55. The van der Waals surface area contributed by atoms with E-state index in [9.17, 15) is 8.42 Å². The highest BCUT2D eigenvalue weighted by molar-refractivity contribution is 7.87. The average Bonchev–Trinajstić information content (AvgIpc) is 2.18. The zero-order valence-corrected chi connectivity index (χ0v) is 10.0. The number of hydrogen-bond acceptors (Lipinski definition) is 4. The Morgan fingerprint density at radius 1 is 1.60 bits per heavy atom. The number of rotatable bonds is 5. The predicted molar refractivity (Wildman–Crippen MR) is 57.8 cm³/mol. The Morgan fingerprint density at radius 3 is 2.93 bits per heavy atom. The van der Waals surface area contributed by atoms with Crippen molar-refractivity contribution in [2.45, 2.75) is 13.0 Å². The minimum atomic E-state index is -3.34. The Labute approximate surface area is 91.2 Å². The van der Waals surface area contributed by atoms with Gasteiger partial charge in [0.2, 0.25) is 0 Å². The molecule has 2 N–H and O–H groups in total. The first-order valence-electron chi connectivity index (χ1n) is 5.04. The maximum atomic E-state index is 11.8. The van der Waals surface area contributed by atoms with Crippen LogP contribution in [-0.4, -0.2) is 58.7 Å². The number of hydrogen-bond donors (Lipinski definition) is 2. The topological polar surface area (TPSA) is 70.7 Å². The first-order valence-corrected chi connectivity index (χ1v) is 6.48. The second-order valence-electron chi connectivity index (χ2n) is 3.56. The van der Waals surface area contributed by atoms with Crippen molar-refractivity contribution in [3.8, 4) is 0 Å². The Bertz CT molecular complexity index is 281. The van der Waals surface area contributed by atoms with Crippen molar-refractivity contribution in [3.05, 3.63) is 0 Å². The molecule has 7 heteroatoms. The van der Waals surface area contributed by atoms with Crippen LogP contribution in [0.2, 0.25) is 0 Å². The van der Waals surface area contributed by atoms with Gasteiger partial charge in [0.1, 0.15) is 0 Å². The molecule has 15 heavy (non-hydrogen) atoms. The van der Waals surface area contributed by atoms with Crippen LogP contribution in [0.4, 0.5) is 0 Å². The minimum Gasteiger partial charge on any atom is -0.383 e. The molecule has 90 valence electrons. The van der Waals surface area contributed by atoms with Gasteiger partial charge >= 0.3 is 0 Å². The molecule has 0 bridgehead atoms. The second-order valence-corrected chi connectivity index (χ2v) is 5.26. The molecule has 0 saturated carbocycles. The van der Waals surface area contributed by atoms with Crippen LogP contribution in [0.25, 0.3) is 0 Å². The number of methoxy groups -OCH3 is 1. The van der Waals surface area contributed by atoms with Crippen molar-refractivity contribution >= 4 is 10.2 Å². The molecule has 0 amide bonds. The van der Waals surface area contributed by atoms with Crippen LogP contribution in [0.3, 0.4) is 0 Å². The Hall–Kier alpha value is -0.210. The van der Waals surface area contributed by atoms with Crippen molar-refractivity contribution in [1.29, 1.82) is 0 Å². The summed E-state index contributed by atoms with van der Waals surface area (Å²) in [6, 6.07) is -0.00112. The quantitative estimate of drug-likeness (QED) is 0.587. The Morgan fingerprint density at radius 2 is 2.33 bits per heavy atom. The van der Waals surface area contributed by atoms with Gasteiger partial charge < -0.3 is 10.1 Å². The van der Waals surface area contributed by atoms with Gasteiger partial charge in [0.15, 0.2) is 0 Å². The summed E-state index contributed by atoms with van der Waals surface area (Å²) < 4.78 is 32.4. The third-order valence-corrected chi connectivity index (χ3v) is 4.07. The van der Waals surface area contributed by atoms with Crippen LogP contribution in [0.1, 0.15) is 6.92 Å². The van der Waals surface area contributed by atoms with Gasteiger partial charge in [-0.05, 0) is 6.92 Å². The highest BCUT2D eigenvalue weighted by atomic mass is 32.2. The molecule has 1 unspecified atom stereocenters. The standard InChI is InChI=1S/C8H19N3O3S/c1-8-7-9-3-5-11(8)15(12,13)10-4-6-14-2/h8-10H,3-7H2,1-2H3. The van der Waals surface area contributed by atoms with Gasteiger partial charge in [-0.2, -0.15) is 17.4 Å². The van der Waals surface area contributed by atoms with E-state index in [1.54, 1.807) is 7.11 Å². The van der Waals surface area contributed by atoms with Gasteiger partial charge in [-0.15, -0.1) is 0 Å². The molecule has 0 spiro atoms. The second kappa shape index (κ2) is 5.76. The molecule has 0 radical (unpaired) electrons. The highest BCUT2D eigenvalue weighted by Crippen LogP contribution is 2.07. The first kappa shape index (κ1) is 12.9. The fraction of sp³-hybridized carbons (Fsp3) is 1.00. The largest absolute Gasteiger partial charge is 0.383 e. The van der Waals surface area contributed by atoms with Gasteiger partial charge in [-0.1, -0.05) is 0 Å². The van der Waals surface area contributed by atoms with E-state index < -0.39 is 10.2 Å². The van der Waals surface area contributed by atoms with Crippen LogP contribution >= 0.6 is 0 Å². The minimum absolute atomic E-state index is 0.00112. The summed E-state index contributed by atoms with van der Waals surface area (Å²) >= 11 is 0. The fourth-order valence-electron chi connectivity index (χ4n) is 1.54. The summed E-state index contributed by atoms with van der Waals surface area (Å²) in [6.45, 7) is 4.51. The monoisotopic (exact) mass is 237 g/mol. The molecule has 1 rings (SSSR count). The number of ether oxygens (including phenoxy) is 1. The summed E-state index contributed by atoms with van der Waals surface area (Å²) in [5.74, 6) is 0. The van der Waals surface area contributed by atoms with E-state index in [0.717, 1.165) is 0 Å². The molecular weight excluding hydrogens is 218 g/mol. The summed E-state index contributed by atoms with van der Waals surface area (Å²) in [5.41, 5.74) is 0. The van der Waals surface area contributed by atoms with Crippen LogP contribution in [0.5, 0.6) is 0 Å². The van der Waals surface area contributed by atoms with Crippen molar-refractivity contribution in [1.82, 2.24) is 14.3 Å². The van der Waals surface area contributed by atoms with E-state index in [1.807, 2.05) is 6.92 Å². The zero-order valence-electron chi connectivity index (χ0n) is 9.19. The van der Waals surface area contributed by atoms with Crippen molar-refractivity contribution in [2.75, 3.05) is 39.9 Å². The van der Waals surface area contributed by atoms with Crippen LogP contribution < -0.4 is 10.0 Å². The molecule has 1 aliphatic rings. The number of piperazine rings is 1. The molecule has 1 heterocycles. The third-order valence-electron chi connectivity index (χ3n) is 2.34. The van der Waals surface area contributed by atoms with E-state index >= 15 is 0 Å². The average molecular weight is 237 g/mol. The lowest BCUT2D eigenvalue weighted by Gasteiger charge is -2.32. The molecule has 1 saturated heterocycles. The number of nitrogens with one attached hydrogen (secondary N) is 2. The van der Waals surface area contributed by atoms with E-state index in [4.69, 9.17) is 4.74 Å². The molecule has 0 aromatic carbocycles. The van der Waals surface area contributed by atoms with Gasteiger partial charge in [-0.3, -0.25) is 0 Å². The van der Waals surface area contributed by atoms with Crippen LogP contribution in [-0.2, 0) is 14.9 Å².